The maximum Gasteiger partial charge on any atom is 0.250 e. The highest BCUT2D eigenvalue weighted by Crippen LogP contribution is 2.29. The SMILES string of the molecule is CC[C@H]1CCCC[C@@H]1OCC(=O)Nc1ccc(S(N)(=O)=O)cc1. The fraction of sp³-hybridized carbons (Fsp3) is 0.562. The monoisotopic (exact) mass is 340 g/mol. The molecule has 23 heavy (non-hydrogen) atoms. The van der Waals surface area contributed by atoms with Crippen molar-refractivity contribution in [2.24, 2.45) is 11.1 Å². The van der Waals surface area contributed by atoms with Gasteiger partial charge in [-0.05, 0) is 43.0 Å². The molecule has 0 heterocycles. The van der Waals surface area contributed by atoms with Crippen molar-refractivity contribution < 1.29 is 17.9 Å². The largest absolute Gasteiger partial charge is 0.368 e. The molecule has 0 aromatic heterocycles. The minimum Gasteiger partial charge on any atom is -0.368 e. The lowest BCUT2D eigenvalue weighted by atomic mass is 9.85. The second kappa shape index (κ2) is 7.90. The van der Waals surface area contributed by atoms with Gasteiger partial charge >= 0.3 is 0 Å². The lowest BCUT2D eigenvalue weighted by molar-refractivity contribution is -0.124. The second-order valence-corrected chi connectivity index (χ2v) is 7.48. The van der Waals surface area contributed by atoms with Crippen LogP contribution in [0.25, 0.3) is 0 Å². The highest BCUT2D eigenvalue weighted by Gasteiger charge is 2.24. The van der Waals surface area contributed by atoms with Crippen molar-refractivity contribution in [3.05, 3.63) is 24.3 Å². The van der Waals surface area contributed by atoms with Gasteiger partial charge in [0.1, 0.15) is 6.61 Å². The van der Waals surface area contributed by atoms with Gasteiger partial charge in [0, 0.05) is 5.69 Å². The molecule has 1 aromatic carbocycles. The van der Waals surface area contributed by atoms with E-state index in [1.807, 2.05) is 0 Å². The zero-order valence-electron chi connectivity index (χ0n) is 13.3. The van der Waals surface area contributed by atoms with Crippen molar-refractivity contribution in [1.82, 2.24) is 0 Å². The molecule has 0 radical (unpaired) electrons. The molecule has 0 bridgehead atoms. The summed E-state index contributed by atoms with van der Waals surface area (Å²) in [6, 6.07) is 5.74. The Balaban J connectivity index is 1.85. The zero-order valence-corrected chi connectivity index (χ0v) is 14.1. The van der Waals surface area contributed by atoms with Gasteiger partial charge in [0.05, 0.1) is 11.0 Å². The summed E-state index contributed by atoms with van der Waals surface area (Å²) in [4.78, 5) is 12.0. The molecule has 0 aliphatic heterocycles. The Morgan fingerprint density at radius 3 is 2.52 bits per heavy atom. The van der Waals surface area contributed by atoms with E-state index in [0.29, 0.717) is 11.6 Å². The van der Waals surface area contributed by atoms with E-state index in [1.54, 1.807) is 0 Å². The molecule has 2 rings (SSSR count). The fourth-order valence-electron chi connectivity index (χ4n) is 2.97. The Kier molecular flexibility index (Phi) is 6.15. The Morgan fingerprint density at radius 1 is 1.26 bits per heavy atom. The average molecular weight is 340 g/mol. The van der Waals surface area contributed by atoms with Crippen molar-refractivity contribution >= 4 is 21.6 Å². The van der Waals surface area contributed by atoms with Crippen LogP contribution in [0.3, 0.4) is 0 Å². The maximum absolute atomic E-state index is 12.0. The third-order valence-electron chi connectivity index (χ3n) is 4.26. The van der Waals surface area contributed by atoms with Crippen LogP contribution in [0, 0.1) is 5.92 Å². The fourth-order valence-corrected chi connectivity index (χ4v) is 3.48. The number of nitrogens with two attached hydrogens (primary N) is 1. The molecule has 0 unspecified atom stereocenters. The summed E-state index contributed by atoms with van der Waals surface area (Å²) in [6.07, 6.45) is 5.79. The molecule has 1 fully saturated rings. The Morgan fingerprint density at radius 2 is 1.91 bits per heavy atom. The summed E-state index contributed by atoms with van der Waals surface area (Å²) in [7, 11) is -3.72. The summed E-state index contributed by atoms with van der Waals surface area (Å²) >= 11 is 0. The van der Waals surface area contributed by atoms with Crippen LogP contribution in [-0.2, 0) is 19.6 Å². The van der Waals surface area contributed by atoms with E-state index in [-0.39, 0.29) is 23.5 Å². The van der Waals surface area contributed by atoms with Crippen LogP contribution in [0.2, 0.25) is 0 Å². The van der Waals surface area contributed by atoms with E-state index >= 15 is 0 Å². The summed E-state index contributed by atoms with van der Waals surface area (Å²) in [5, 5.41) is 7.72. The Hall–Kier alpha value is -1.44. The average Bonchev–Trinajstić information content (AvgIpc) is 2.53. The number of benzene rings is 1. The molecular formula is C16H24N2O4S. The highest BCUT2D eigenvalue weighted by molar-refractivity contribution is 7.89. The first-order valence-corrected chi connectivity index (χ1v) is 9.49. The first-order chi connectivity index (χ1) is 10.9. The molecule has 1 aromatic rings. The standard InChI is InChI=1S/C16H24N2O4S/c1-2-12-5-3-4-6-15(12)22-11-16(19)18-13-7-9-14(10-8-13)23(17,20)21/h7-10,12,15H,2-6,11H2,1H3,(H,18,19)(H2,17,20,21)/t12-,15-/m0/s1. The molecule has 1 amide bonds. The van der Waals surface area contributed by atoms with Gasteiger partial charge in [0.15, 0.2) is 0 Å². The van der Waals surface area contributed by atoms with E-state index in [2.05, 4.69) is 12.2 Å². The van der Waals surface area contributed by atoms with Gasteiger partial charge in [-0.1, -0.05) is 26.2 Å². The van der Waals surface area contributed by atoms with Crippen LogP contribution >= 0.6 is 0 Å². The predicted octanol–water partition coefficient (Wildman–Crippen LogP) is 2.26. The topological polar surface area (TPSA) is 98.5 Å². The predicted molar refractivity (Wildman–Crippen MR) is 88.4 cm³/mol. The number of primary sulfonamides is 1. The molecule has 128 valence electrons. The van der Waals surface area contributed by atoms with Crippen molar-refractivity contribution in [2.75, 3.05) is 11.9 Å². The summed E-state index contributed by atoms with van der Waals surface area (Å²) in [6.45, 7) is 2.16. The van der Waals surface area contributed by atoms with Crippen LogP contribution in [0.1, 0.15) is 39.0 Å². The number of nitrogens with one attached hydrogen (secondary N) is 1. The maximum atomic E-state index is 12.0. The smallest absolute Gasteiger partial charge is 0.250 e. The number of ether oxygens (including phenoxy) is 1. The molecule has 6 nitrogen and oxygen atoms in total. The molecule has 3 N–H and O–H groups in total. The van der Waals surface area contributed by atoms with E-state index in [1.165, 1.54) is 30.7 Å². The number of hydrogen-bond donors (Lipinski definition) is 2. The number of hydrogen-bond acceptors (Lipinski definition) is 4. The number of carbonyl (C=O) groups is 1. The van der Waals surface area contributed by atoms with Crippen molar-refractivity contribution in [1.29, 1.82) is 0 Å². The van der Waals surface area contributed by atoms with Crippen LogP contribution in [0.4, 0.5) is 5.69 Å². The molecule has 2 atom stereocenters. The van der Waals surface area contributed by atoms with E-state index < -0.39 is 10.0 Å². The lowest BCUT2D eigenvalue weighted by Crippen LogP contribution is -2.31. The van der Waals surface area contributed by atoms with Crippen molar-refractivity contribution in [3.63, 3.8) is 0 Å². The Bertz CT molecular complexity index is 628. The van der Waals surface area contributed by atoms with Gasteiger partial charge in [-0.3, -0.25) is 4.79 Å². The van der Waals surface area contributed by atoms with Gasteiger partial charge in [-0.15, -0.1) is 0 Å². The molecule has 1 saturated carbocycles. The normalized spacial score (nSPS) is 21.8. The highest BCUT2D eigenvalue weighted by atomic mass is 32.2. The number of carbonyl (C=O) groups excluding carboxylic acids is 1. The van der Waals surface area contributed by atoms with E-state index in [9.17, 15) is 13.2 Å². The third-order valence-corrected chi connectivity index (χ3v) is 5.19. The minimum absolute atomic E-state index is 0.0120. The van der Waals surface area contributed by atoms with Gasteiger partial charge in [-0.2, -0.15) is 0 Å². The van der Waals surface area contributed by atoms with Crippen LogP contribution in [-0.4, -0.2) is 27.0 Å². The number of amides is 1. The lowest BCUT2D eigenvalue weighted by Gasteiger charge is -2.30. The van der Waals surface area contributed by atoms with Crippen molar-refractivity contribution in [3.8, 4) is 0 Å². The van der Waals surface area contributed by atoms with Crippen LogP contribution in [0.15, 0.2) is 29.2 Å². The first kappa shape index (κ1) is 17.9. The molecule has 0 spiro atoms. The van der Waals surface area contributed by atoms with E-state index in [0.717, 1.165) is 25.7 Å². The molecular weight excluding hydrogens is 316 g/mol. The number of anilines is 1. The number of rotatable bonds is 6. The second-order valence-electron chi connectivity index (χ2n) is 5.92. The van der Waals surface area contributed by atoms with Crippen LogP contribution < -0.4 is 10.5 Å². The summed E-state index contributed by atoms with van der Waals surface area (Å²) < 4.78 is 28.1. The van der Waals surface area contributed by atoms with Gasteiger partial charge in [-0.25, -0.2) is 13.6 Å². The van der Waals surface area contributed by atoms with Gasteiger partial charge in [0.25, 0.3) is 0 Å². The molecule has 7 heteroatoms. The quantitative estimate of drug-likeness (QED) is 0.830. The summed E-state index contributed by atoms with van der Waals surface area (Å²) in [5.74, 6) is 0.291. The van der Waals surface area contributed by atoms with Gasteiger partial charge < -0.3 is 10.1 Å². The van der Waals surface area contributed by atoms with Crippen LogP contribution in [0.5, 0.6) is 0 Å². The molecule has 1 aliphatic carbocycles. The zero-order chi connectivity index (χ0) is 16.9. The number of sulfonamides is 1. The van der Waals surface area contributed by atoms with E-state index in [4.69, 9.17) is 9.88 Å². The molecule has 1 aliphatic rings. The summed E-state index contributed by atoms with van der Waals surface area (Å²) in [5.41, 5.74) is 0.515. The molecule has 0 saturated heterocycles. The Labute approximate surface area is 137 Å². The van der Waals surface area contributed by atoms with Gasteiger partial charge in [0.2, 0.25) is 15.9 Å². The first-order valence-electron chi connectivity index (χ1n) is 7.94. The third kappa shape index (κ3) is 5.30. The minimum atomic E-state index is -3.72. The van der Waals surface area contributed by atoms with Crippen molar-refractivity contribution in [2.45, 2.75) is 50.0 Å².